The molecule has 0 bridgehead atoms. The zero-order valence-electron chi connectivity index (χ0n) is 5.27. The molecular weight excluding hydrogens is 208 g/mol. The lowest BCUT2D eigenvalue weighted by molar-refractivity contribution is 0.0996. The van der Waals surface area contributed by atoms with Gasteiger partial charge in [-0.3, -0.25) is 4.79 Å². The molecule has 0 aliphatic rings. The highest BCUT2D eigenvalue weighted by molar-refractivity contribution is 6.77. The number of alkyl halides is 3. The smallest absolute Gasteiger partial charge is 0.253 e. The predicted molar refractivity (Wildman–Crippen MR) is 45.4 cm³/mol. The molecule has 5 heteroatoms. The maximum Gasteiger partial charge on any atom is 0.253 e. The van der Waals surface area contributed by atoms with Crippen LogP contribution in [0.2, 0.25) is 0 Å². The second-order valence-electron chi connectivity index (χ2n) is 1.93. The summed E-state index contributed by atoms with van der Waals surface area (Å²) in [5, 5.41) is 0. The van der Waals surface area contributed by atoms with Crippen LogP contribution in [0.25, 0.3) is 0 Å². The van der Waals surface area contributed by atoms with Crippen molar-refractivity contribution >= 4 is 40.6 Å². The summed E-state index contributed by atoms with van der Waals surface area (Å²) in [6.07, 6.45) is 3.06. The highest BCUT2D eigenvalue weighted by Crippen LogP contribution is 2.30. The molecule has 0 radical (unpaired) electrons. The topological polar surface area (TPSA) is 32.9 Å². The van der Waals surface area contributed by atoms with Crippen LogP contribution in [0.4, 0.5) is 0 Å². The van der Waals surface area contributed by atoms with Crippen LogP contribution in [-0.4, -0.2) is 14.6 Å². The Balaban J connectivity index is 2.88. The number of Topliss-reactive ketones (excluding diaryl/α,β-unsaturated/α-hetero) is 1. The molecule has 0 aliphatic carbocycles. The van der Waals surface area contributed by atoms with Crippen molar-refractivity contribution in [1.82, 2.24) is 4.98 Å². The number of carbonyl (C=O) groups excluding carboxylic acids is 1. The van der Waals surface area contributed by atoms with Crippen LogP contribution in [0, 0.1) is 0 Å². The molecule has 0 aliphatic heterocycles. The highest BCUT2D eigenvalue weighted by Gasteiger charge is 2.31. The summed E-state index contributed by atoms with van der Waals surface area (Å²) in [5.41, 5.74) is 0.366. The first-order valence-electron chi connectivity index (χ1n) is 2.76. The Labute approximate surface area is 78.4 Å². The Morgan fingerprint density at radius 3 is 2.45 bits per heavy atom. The molecule has 60 valence electrons. The summed E-state index contributed by atoms with van der Waals surface area (Å²) in [6.45, 7) is 0. The molecule has 1 rings (SSSR count). The molecule has 0 aromatic carbocycles. The molecule has 0 spiro atoms. The van der Waals surface area contributed by atoms with Gasteiger partial charge in [0.1, 0.15) is 0 Å². The molecule has 0 saturated carbocycles. The van der Waals surface area contributed by atoms with Crippen molar-refractivity contribution in [3.63, 3.8) is 0 Å². The van der Waals surface area contributed by atoms with E-state index in [9.17, 15) is 4.79 Å². The van der Waals surface area contributed by atoms with E-state index in [-0.39, 0.29) is 0 Å². The van der Waals surface area contributed by atoms with Crippen molar-refractivity contribution in [2.45, 2.75) is 3.79 Å². The lowest BCUT2D eigenvalue weighted by Crippen LogP contribution is -2.17. The summed E-state index contributed by atoms with van der Waals surface area (Å²) in [6, 6.07) is 1.55. The van der Waals surface area contributed by atoms with Gasteiger partial charge in [-0.05, 0) is 6.07 Å². The summed E-state index contributed by atoms with van der Waals surface area (Å²) in [4.78, 5) is 13.8. The zero-order chi connectivity index (χ0) is 8.48. The average molecular weight is 212 g/mol. The average Bonchev–Trinajstić information content (AvgIpc) is 2.34. The summed E-state index contributed by atoms with van der Waals surface area (Å²) < 4.78 is -1.86. The number of halogens is 3. The maximum atomic E-state index is 11.1. The number of carbonyl (C=O) groups is 1. The molecule has 0 atom stereocenters. The van der Waals surface area contributed by atoms with E-state index in [0.29, 0.717) is 5.56 Å². The fourth-order valence-corrected chi connectivity index (χ4v) is 0.956. The van der Waals surface area contributed by atoms with E-state index in [1.165, 1.54) is 6.20 Å². The molecule has 0 fully saturated rings. The number of H-pyrrole nitrogens is 1. The van der Waals surface area contributed by atoms with Gasteiger partial charge in [0.25, 0.3) is 3.79 Å². The Morgan fingerprint density at radius 2 is 2.09 bits per heavy atom. The lowest BCUT2D eigenvalue weighted by atomic mass is 10.2. The number of aromatic amines is 1. The van der Waals surface area contributed by atoms with Crippen LogP contribution in [0.15, 0.2) is 18.5 Å². The number of hydrogen-bond donors (Lipinski definition) is 1. The minimum atomic E-state index is -1.86. The van der Waals surface area contributed by atoms with E-state index in [1.807, 2.05) is 0 Å². The van der Waals surface area contributed by atoms with E-state index < -0.39 is 9.58 Å². The Bertz CT molecular complexity index is 249. The van der Waals surface area contributed by atoms with Crippen LogP contribution in [0.3, 0.4) is 0 Å². The number of hydrogen-bond acceptors (Lipinski definition) is 1. The molecule has 2 nitrogen and oxygen atoms in total. The summed E-state index contributed by atoms with van der Waals surface area (Å²) in [7, 11) is 0. The van der Waals surface area contributed by atoms with Crippen molar-refractivity contribution in [1.29, 1.82) is 0 Å². The Hall–Kier alpha value is -0.180. The fourth-order valence-electron chi connectivity index (χ4n) is 0.629. The van der Waals surface area contributed by atoms with Crippen molar-refractivity contribution in [2.24, 2.45) is 0 Å². The minimum Gasteiger partial charge on any atom is -0.367 e. The van der Waals surface area contributed by atoms with Gasteiger partial charge in [-0.2, -0.15) is 0 Å². The van der Waals surface area contributed by atoms with Crippen LogP contribution < -0.4 is 0 Å². The fraction of sp³-hybridized carbons (Fsp3) is 0.167. The van der Waals surface area contributed by atoms with Crippen LogP contribution >= 0.6 is 34.8 Å². The predicted octanol–water partition coefficient (Wildman–Crippen LogP) is 2.57. The molecule has 0 amide bonds. The number of aromatic nitrogens is 1. The van der Waals surface area contributed by atoms with Crippen molar-refractivity contribution in [3.05, 3.63) is 24.0 Å². The van der Waals surface area contributed by atoms with Crippen LogP contribution in [0.1, 0.15) is 10.4 Å². The van der Waals surface area contributed by atoms with E-state index >= 15 is 0 Å². The monoisotopic (exact) mass is 211 g/mol. The van der Waals surface area contributed by atoms with Gasteiger partial charge < -0.3 is 4.98 Å². The highest BCUT2D eigenvalue weighted by atomic mass is 35.6. The first-order valence-corrected chi connectivity index (χ1v) is 3.89. The second kappa shape index (κ2) is 3.05. The van der Waals surface area contributed by atoms with Crippen LogP contribution in [-0.2, 0) is 0 Å². The Kier molecular flexibility index (Phi) is 2.47. The first kappa shape index (κ1) is 8.91. The summed E-state index contributed by atoms with van der Waals surface area (Å²) in [5.74, 6) is -0.524. The van der Waals surface area contributed by atoms with E-state index in [1.54, 1.807) is 12.3 Å². The third-order valence-electron chi connectivity index (χ3n) is 1.12. The molecule has 1 heterocycles. The lowest BCUT2D eigenvalue weighted by Gasteiger charge is -2.06. The van der Waals surface area contributed by atoms with Gasteiger partial charge >= 0.3 is 0 Å². The number of rotatable bonds is 1. The first-order chi connectivity index (χ1) is 5.02. The van der Waals surface area contributed by atoms with E-state index in [2.05, 4.69) is 4.98 Å². The van der Waals surface area contributed by atoms with Gasteiger partial charge in [0, 0.05) is 18.0 Å². The number of nitrogens with one attached hydrogen (secondary N) is 1. The van der Waals surface area contributed by atoms with Crippen LogP contribution in [0.5, 0.6) is 0 Å². The quantitative estimate of drug-likeness (QED) is 0.563. The van der Waals surface area contributed by atoms with Crippen molar-refractivity contribution in [3.8, 4) is 0 Å². The maximum absolute atomic E-state index is 11.1. The largest absolute Gasteiger partial charge is 0.367 e. The van der Waals surface area contributed by atoms with Gasteiger partial charge in [-0.15, -0.1) is 0 Å². The third-order valence-corrected chi connectivity index (χ3v) is 1.63. The molecule has 0 unspecified atom stereocenters. The molecule has 11 heavy (non-hydrogen) atoms. The molecule has 0 saturated heterocycles. The van der Waals surface area contributed by atoms with Crippen molar-refractivity contribution < 1.29 is 4.79 Å². The molecule has 1 aromatic rings. The van der Waals surface area contributed by atoms with Crippen molar-refractivity contribution in [2.75, 3.05) is 0 Å². The van der Waals surface area contributed by atoms with Gasteiger partial charge in [-0.1, -0.05) is 34.8 Å². The van der Waals surface area contributed by atoms with Gasteiger partial charge in [0.05, 0.1) is 0 Å². The van der Waals surface area contributed by atoms with Gasteiger partial charge in [0.15, 0.2) is 0 Å². The minimum absolute atomic E-state index is 0.366. The second-order valence-corrected chi connectivity index (χ2v) is 4.21. The van der Waals surface area contributed by atoms with Gasteiger partial charge in [-0.25, -0.2) is 0 Å². The SMILES string of the molecule is O=C(c1cc[nH]c1)C(Cl)(Cl)Cl. The van der Waals surface area contributed by atoms with E-state index in [4.69, 9.17) is 34.8 Å². The summed E-state index contributed by atoms with van der Waals surface area (Å²) >= 11 is 16.0. The van der Waals surface area contributed by atoms with Gasteiger partial charge in [0.2, 0.25) is 5.78 Å². The van der Waals surface area contributed by atoms with E-state index in [0.717, 1.165) is 0 Å². The normalized spacial score (nSPS) is 11.5. The molecule has 1 N–H and O–H groups in total. The zero-order valence-corrected chi connectivity index (χ0v) is 7.54. The number of ketones is 1. The molecule has 1 aromatic heterocycles. The standard InChI is InChI=1S/C6H4Cl3NO/c7-6(8,9)5(11)4-1-2-10-3-4/h1-3,10H. The Morgan fingerprint density at radius 1 is 1.45 bits per heavy atom. The third kappa shape index (κ3) is 2.12. The molecular formula is C6H4Cl3NO.